The summed E-state index contributed by atoms with van der Waals surface area (Å²) in [5, 5.41) is 6.10. The van der Waals surface area contributed by atoms with Gasteiger partial charge in [-0.25, -0.2) is 4.98 Å². The van der Waals surface area contributed by atoms with Crippen LogP contribution in [0.1, 0.15) is 57.1 Å². The van der Waals surface area contributed by atoms with Crippen molar-refractivity contribution in [3.63, 3.8) is 0 Å². The molecule has 0 bridgehead atoms. The summed E-state index contributed by atoms with van der Waals surface area (Å²) >= 11 is 1.63. The molecule has 4 rings (SSSR count). The van der Waals surface area contributed by atoms with Crippen LogP contribution in [-0.2, 0) is 16.0 Å². The standard InChI is InChI=1S/C24H31N3O2S/c28-22(13-12-18-7-4-5-8-18)27-16-6-11-21(27)23(29)25-15-14-20-17-30-24(26-20)19-9-2-1-3-10-19/h1-3,9-10,17-18,21H,4-8,11-16H2,(H,25,29)/t21-/m1/s1. The van der Waals surface area contributed by atoms with Gasteiger partial charge in [-0.15, -0.1) is 11.3 Å². The number of rotatable bonds is 8. The topological polar surface area (TPSA) is 62.3 Å². The number of aromatic nitrogens is 1. The summed E-state index contributed by atoms with van der Waals surface area (Å²) in [6, 6.07) is 9.85. The summed E-state index contributed by atoms with van der Waals surface area (Å²) in [7, 11) is 0. The zero-order chi connectivity index (χ0) is 20.8. The molecule has 2 aromatic rings. The SMILES string of the molecule is O=C(NCCc1csc(-c2ccccc2)n1)[C@H]1CCCN1C(=O)CCC1CCCC1. The second kappa shape index (κ2) is 10.2. The first-order valence-corrected chi connectivity index (χ1v) is 12.2. The molecule has 1 aliphatic carbocycles. The molecule has 2 fully saturated rings. The Morgan fingerprint density at radius 1 is 1.10 bits per heavy atom. The number of thiazole rings is 1. The molecule has 1 N–H and O–H groups in total. The highest BCUT2D eigenvalue weighted by Gasteiger charge is 2.33. The maximum Gasteiger partial charge on any atom is 0.242 e. The Hall–Kier alpha value is -2.21. The molecule has 6 heteroatoms. The molecule has 30 heavy (non-hydrogen) atoms. The monoisotopic (exact) mass is 425 g/mol. The van der Waals surface area contributed by atoms with Gasteiger partial charge in [0.2, 0.25) is 11.8 Å². The second-order valence-electron chi connectivity index (χ2n) is 8.49. The van der Waals surface area contributed by atoms with Crippen LogP contribution in [0.3, 0.4) is 0 Å². The zero-order valence-electron chi connectivity index (χ0n) is 17.5. The van der Waals surface area contributed by atoms with E-state index in [9.17, 15) is 9.59 Å². The largest absolute Gasteiger partial charge is 0.354 e. The first-order valence-electron chi connectivity index (χ1n) is 11.3. The molecule has 1 aromatic heterocycles. The first-order chi connectivity index (χ1) is 14.7. The molecule has 0 radical (unpaired) electrons. The third-order valence-corrected chi connectivity index (χ3v) is 7.31. The third-order valence-electron chi connectivity index (χ3n) is 6.37. The van der Waals surface area contributed by atoms with Crippen LogP contribution in [0.15, 0.2) is 35.7 Å². The van der Waals surface area contributed by atoms with Gasteiger partial charge >= 0.3 is 0 Å². The summed E-state index contributed by atoms with van der Waals surface area (Å²) in [6.45, 7) is 1.27. The van der Waals surface area contributed by atoms with Crippen LogP contribution in [0.2, 0.25) is 0 Å². The van der Waals surface area contributed by atoms with E-state index in [0.717, 1.165) is 35.5 Å². The maximum absolute atomic E-state index is 12.7. The molecule has 0 unspecified atom stereocenters. The van der Waals surface area contributed by atoms with Crippen LogP contribution in [0.25, 0.3) is 10.6 Å². The molecule has 1 saturated heterocycles. The van der Waals surface area contributed by atoms with Crippen molar-refractivity contribution in [2.24, 2.45) is 5.92 Å². The molecule has 1 aromatic carbocycles. The summed E-state index contributed by atoms with van der Waals surface area (Å²) in [6.07, 6.45) is 9.11. The quantitative estimate of drug-likeness (QED) is 0.681. The number of nitrogens with zero attached hydrogens (tertiary/aromatic N) is 2. The lowest BCUT2D eigenvalue weighted by atomic mass is 10.0. The first kappa shape index (κ1) is 21.0. The molecule has 0 spiro atoms. The Balaban J connectivity index is 1.23. The van der Waals surface area contributed by atoms with Crippen molar-refractivity contribution in [2.45, 2.75) is 63.8 Å². The number of carbonyl (C=O) groups is 2. The van der Waals surface area contributed by atoms with Gasteiger partial charge in [-0.3, -0.25) is 9.59 Å². The highest BCUT2D eigenvalue weighted by molar-refractivity contribution is 7.13. The van der Waals surface area contributed by atoms with E-state index in [4.69, 9.17) is 0 Å². The Labute approximate surface area is 182 Å². The predicted octanol–water partition coefficient (Wildman–Crippen LogP) is 4.43. The van der Waals surface area contributed by atoms with E-state index < -0.39 is 0 Å². The molecule has 1 saturated carbocycles. The maximum atomic E-state index is 12.7. The molecule has 2 heterocycles. The molecule has 1 aliphatic heterocycles. The van der Waals surface area contributed by atoms with Crippen LogP contribution in [-0.4, -0.2) is 40.8 Å². The average Bonchev–Trinajstić information content (AvgIpc) is 3.54. The summed E-state index contributed by atoms with van der Waals surface area (Å²) in [4.78, 5) is 31.9. The molecule has 2 aliphatic rings. The third kappa shape index (κ3) is 5.28. The minimum Gasteiger partial charge on any atom is -0.354 e. The van der Waals surface area contributed by atoms with Crippen LogP contribution < -0.4 is 5.32 Å². The normalized spacial score (nSPS) is 19.3. The van der Waals surface area contributed by atoms with Crippen LogP contribution in [0, 0.1) is 5.92 Å². The van der Waals surface area contributed by atoms with Crippen molar-refractivity contribution in [3.8, 4) is 10.6 Å². The Morgan fingerprint density at radius 3 is 2.70 bits per heavy atom. The van der Waals surface area contributed by atoms with E-state index in [0.29, 0.717) is 31.8 Å². The fourth-order valence-electron chi connectivity index (χ4n) is 4.67. The molecule has 2 amide bonds. The molecular formula is C24H31N3O2S. The fraction of sp³-hybridized carbons (Fsp3) is 0.542. The van der Waals surface area contributed by atoms with Gasteiger partial charge in [0, 0.05) is 36.9 Å². The van der Waals surface area contributed by atoms with Crippen molar-refractivity contribution in [2.75, 3.05) is 13.1 Å². The van der Waals surface area contributed by atoms with Gasteiger partial charge in [-0.1, -0.05) is 56.0 Å². The van der Waals surface area contributed by atoms with Crippen LogP contribution in [0.5, 0.6) is 0 Å². The van der Waals surface area contributed by atoms with Crippen molar-refractivity contribution in [3.05, 3.63) is 41.4 Å². The number of hydrogen-bond donors (Lipinski definition) is 1. The van der Waals surface area contributed by atoms with Gasteiger partial charge < -0.3 is 10.2 Å². The highest BCUT2D eigenvalue weighted by Crippen LogP contribution is 2.29. The molecule has 160 valence electrons. The number of hydrogen-bond acceptors (Lipinski definition) is 4. The van der Waals surface area contributed by atoms with E-state index in [-0.39, 0.29) is 17.9 Å². The van der Waals surface area contributed by atoms with E-state index in [1.807, 2.05) is 23.1 Å². The Morgan fingerprint density at radius 2 is 1.90 bits per heavy atom. The van der Waals surface area contributed by atoms with E-state index in [1.54, 1.807) is 11.3 Å². The molecule has 1 atom stereocenters. The van der Waals surface area contributed by atoms with Crippen molar-refractivity contribution < 1.29 is 9.59 Å². The lowest BCUT2D eigenvalue weighted by Crippen LogP contribution is -2.46. The Kier molecular flexibility index (Phi) is 7.16. The number of benzene rings is 1. The van der Waals surface area contributed by atoms with Gasteiger partial charge in [0.15, 0.2) is 0 Å². The number of amides is 2. The molecular weight excluding hydrogens is 394 g/mol. The smallest absolute Gasteiger partial charge is 0.242 e. The minimum absolute atomic E-state index is 0.0137. The second-order valence-corrected chi connectivity index (χ2v) is 9.34. The number of likely N-dealkylation sites (tertiary alicyclic amines) is 1. The van der Waals surface area contributed by atoms with Crippen LogP contribution in [0.4, 0.5) is 0 Å². The van der Waals surface area contributed by atoms with Crippen molar-refractivity contribution in [1.29, 1.82) is 0 Å². The minimum atomic E-state index is -0.295. The summed E-state index contributed by atoms with van der Waals surface area (Å²) in [5.74, 6) is 0.856. The van der Waals surface area contributed by atoms with Gasteiger partial charge in [0.1, 0.15) is 11.0 Å². The van der Waals surface area contributed by atoms with E-state index >= 15 is 0 Å². The lowest BCUT2D eigenvalue weighted by Gasteiger charge is -2.24. The summed E-state index contributed by atoms with van der Waals surface area (Å²) < 4.78 is 0. The van der Waals surface area contributed by atoms with Gasteiger partial charge in [0.25, 0.3) is 0 Å². The van der Waals surface area contributed by atoms with Gasteiger partial charge in [-0.05, 0) is 25.2 Å². The van der Waals surface area contributed by atoms with Crippen molar-refractivity contribution >= 4 is 23.2 Å². The van der Waals surface area contributed by atoms with E-state index in [2.05, 4.69) is 27.8 Å². The number of nitrogens with one attached hydrogen (secondary N) is 1. The van der Waals surface area contributed by atoms with E-state index in [1.165, 1.54) is 25.7 Å². The summed E-state index contributed by atoms with van der Waals surface area (Å²) in [5.41, 5.74) is 2.12. The van der Waals surface area contributed by atoms with Gasteiger partial charge in [0.05, 0.1) is 5.69 Å². The highest BCUT2D eigenvalue weighted by atomic mass is 32.1. The predicted molar refractivity (Wildman–Crippen MR) is 120 cm³/mol. The fourth-order valence-corrected chi connectivity index (χ4v) is 5.54. The lowest BCUT2D eigenvalue weighted by molar-refractivity contribution is -0.138. The number of carbonyl (C=O) groups excluding carboxylic acids is 2. The Bertz CT molecular complexity index is 845. The van der Waals surface area contributed by atoms with Crippen LogP contribution >= 0.6 is 11.3 Å². The molecule has 5 nitrogen and oxygen atoms in total. The van der Waals surface area contributed by atoms with Crippen molar-refractivity contribution in [1.82, 2.24) is 15.2 Å². The van der Waals surface area contributed by atoms with Gasteiger partial charge in [-0.2, -0.15) is 0 Å². The zero-order valence-corrected chi connectivity index (χ0v) is 18.3. The average molecular weight is 426 g/mol.